The maximum Gasteiger partial charge on any atom is 0.410 e. The highest BCUT2D eigenvalue weighted by atomic mass is 32.2. The van der Waals surface area contributed by atoms with Gasteiger partial charge < -0.3 is 4.74 Å². The molecule has 0 saturated carbocycles. The molecule has 1 amide bonds. The van der Waals surface area contributed by atoms with Crippen molar-refractivity contribution < 1.29 is 31.1 Å². The van der Waals surface area contributed by atoms with Crippen molar-refractivity contribution in [2.75, 3.05) is 12.3 Å². The summed E-state index contributed by atoms with van der Waals surface area (Å²) in [7, 11) is -4.08. The molecule has 0 unspecified atom stereocenters. The van der Waals surface area contributed by atoms with Gasteiger partial charge in [0.25, 0.3) is 5.92 Å². The minimum absolute atomic E-state index is 0.0178. The van der Waals surface area contributed by atoms with Crippen LogP contribution in [0.2, 0.25) is 0 Å². The Morgan fingerprint density at radius 1 is 1.27 bits per heavy atom. The number of nitrogens with zero attached hydrogens (tertiary/aromatic N) is 2. The summed E-state index contributed by atoms with van der Waals surface area (Å²) >= 11 is 0. The quantitative estimate of drug-likeness (QED) is 0.551. The second-order valence-corrected chi connectivity index (χ2v) is 12.1. The number of pyridine rings is 1. The summed E-state index contributed by atoms with van der Waals surface area (Å²) in [5, 5.41) is 0. The van der Waals surface area contributed by atoms with Crippen LogP contribution in [0.4, 0.5) is 18.0 Å². The Bertz CT molecular complexity index is 1290. The summed E-state index contributed by atoms with van der Waals surface area (Å²) in [4.78, 5) is 17.9. The van der Waals surface area contributed by atoms with Crippen molar-refractivity contribution in [2.45, 2.75) is 64.6 Å². The number of likely N-dealkylation sites (tertiary alicyclic amines) is 1. The van der Waals surface area contributed by atoms with Gasteiger partial charge in [-0.25, -0.2) is 31.1 Å². The number of hydrogen-bond acceptors (Lipinski definition) is 5. The van der Waals surface area contributed by atoms with Crippen LogP contribution in [0.25, 0.3) is 5.57 Å². The van der Waals surface area contributed by atoms with Gasteiger partial charge in [0, 0.05) is 17.3 Å². The van der Waals surface area contributed by atoms with Gasteiger partial charge in [0.1, 0.15) is 17.5 Å². The predicted molar refractivity (Wildman–Crippen MR) is 135 cm³/mol. The lowest BCUT2D eigenvalue weighted by Crippen LogP contribution is -2.53. The highest BCUT2D eigenvalue weighted by molar-refractivity contribution is 7.89. The maximum atomic E-state index is 15.8. The van der Waals surface area contributed by atoms with Gasteiger partial charge in [-0.1, -0.05) is 30.8 Å². The van der Waals surface area contributed by atoms with Crippen molar-refractivity contribution in [3.63, 3.8) is 0 Å². The second kappa shape index (κ2) is 10.4. The molecular weight excluding hydrogens is 507 g/mol. The van der Waals surface area contributed by atoms with Crippen molar-refractivity contribution in [3.8, 4) is 0 Å². The van der Waals surface area contributed by atoms with E-state index in [1.165, 1.54) is 19.1 Å². The lowest BCUT2D eigenvalue weighted by Gasteiger charge is -2.30. The number of aromatic nitrogens is 1. The van der Waals surface area contributed by atoms with Gasteiger partial charge in [0.05, 0.1) is 24.0 Å². The van der Waals surface area contributed by atoms with Crippen molar-refractivity contribution in [3.05, 3.63) is 71.3 Å². The van der Waals surface area contributed by atoms with Crippen LogP contribution in [0, 0.1) is 12.7 Å². The lowest BCUT2D eigenvalue weighted by atomic mass is 9.94. The molecule has 202 valence electrons. The molecule has 37 heavy (non-hydrogen) atoms. The van der Waals surface area contributed by atoms with E-state index in [9.17, 15) is 13.2 Å². The first-order valence-electron chi connectivity index (χ1n) is 11.8. The molecule has 7 nitrogen and oxygen atoms in total. The van der Waals surface area contributed by atoms with E-state index in [1.54, 1.807) is 52.1 Å². The summed E-state index contributed by atoms with van der Waals surface area (Å²) in [5.41, 5.74) is 0.721. The molecule has 2 atom stereocenters. The molecule has 1 aliphatic rings. The molecule has 1 N–H and O–H groups in total. The Balaban J connectivity index is 2.04. The first-order valence-corrected chi connectivity index (χ1v) is 13.5. The number of aryl methyl sites for hydroxylation is 1. The molecule has 2 aromatic rings. The molecule has 11 heteroatoms. The van der Waals surface area contributed by atoms with Crippen LogP contribution in [-0.4, -0.2) is 60.3 Å². The number of rotatable bonds is 7. The number of benzene rings is 1. The smallest absolute Gasteiger partial charge is 0.410 e. The Kier molecular flexibility index (Phi) is 8.09. The lowest BCUT2D eigenvalue weighted by molar-refractivity contribution is -0.0122. The number of ether oxygens (including phenoxy) is 1. The summed E-state index contributed by atoms with van der Waals surface area (Å²) < 4.78 is 78.0. The summed E-state index contributed by atoms with van der Waals surface area (Å²) in [5.74, 6) is -4.77. The minimum Gasteiger partial charge on any atom is -0.444 e. The van der Waals surface area contributed by atoms with Gasteiger partial charge in [-0.2, -0.15) is 0 Å². The van der Waals surface area contributed by atoms with E-state index >= 15 is 13.2 Å². The monoisotopic (exact) mass is 539 g/mol. The highest BCUT2D eigenvalue weighted by Gasteiger charge is 2.57. The van der Waals surface area contributed by atoms with Crippen LogP contribution >= 0.6 is 0 Å². The number of halogens is 3. The molecule has 0 aliphatic carbocycles. The predicted octanol–water partition coefficient (Wildman–Crippen LogP) is 4.70. The molecular formula is C26H32F3N3O4S. The van der Waals surface area contributed by atoms with Crippen molar-refractivity contribution >= 4 is 21.7 Å². The largest absolute Gasteiger partial charge is 0.444 e. The van der Waals surface area contributed by atoms with Crippen LogP contribution in [0.5, 0.6) is 0 Å². The van der Waals surface area contributed by atoms with E-state index in [4.69, 9.17) is 4.74 Å². The molecule has 1 saturated heterocycles. The zero-order chi connectivity index (χ0) is 27.8. The molecule has 1 aliphatic heterocycles. The number of alkyl halides is 2. The molecule has 3 rings (SSSR count). The van der Waals surface area contributed by atoms with E-state index in [-0.39, 0.29) is 17.5 Å². The standard InChI is InChI=1S/C26H32F3N3O4S/c1-7-37(34,35)31-23-20(32(15-26(23,28)29)24(33)36-25(4,5)6)14-18-11-8-12-19(21(18)27)17(3)22-16(2)10-9-13-30-22/h8-13,20,23,31H,3,7,14-15H2,1-2,4-6H3/t20-,23+/m0/s1. The number of nitrogens with one attached hydrogen (secondary N) is 1. The summed E-state index contributed by atoms with van der Waals surface area (Å²) in [6.45, 7) is 10.8. The zero-order valence-electron chi connectivity index (χ0n) is 21.5. The fourth-order valence-electron chi connectivity index (χ4n) is 4.22. The molecule has 2 heterocycles. The zero-order valence-corrected chi connectivity index (χ0v) is 22.3. The van der Waals surface area contributed by atoms with E-state index in [0.29, 0.717) is 11.3 Å². The third-order valence-corrected chi connectivity index (χ3v) is 7.44. The third kappa shape index (κ3) is 6.51. The second-order valence-electron chi connectivity index (χ2n) is 10.1. The van der Waals surface area contributed by atoms with E-state index in [1.807, 2.05) is 4.72 Å². The number of carbonyl (C=O) groups is 1. The highest BCUT2D eigenvalue weighted by Crippen LogP contribution is 2.37. The molecule has 1 aromatic carbocycles. The van der Waals surface area contributed by atoms with Crippen molar-refractivity contribution in [1.82, 2.24) is 14.6 Å². The van der Waals surface area contributed by atoms with Crippen molar-refractivity contribution in [1.29, 1.82) is 0 Å². The Hall–Kier alpha value is -2.92. The number of amides is 1. The summed E-state index contributed by atoms with van der Waals surface area (Å²) in [6.07, 6.45) is 0.124. The minimum atomic E-state index is -4.08. The SMILES string of the molecule is C=C(c1cccc(C[C@H]2[C@@H](NS(=O)(=O)CC)C(F)(F)CN2C(=O)OC(C)(C)C)c1F)c1ncccc1C. The molecule has 0 spiro atoms. The molecule has 0 bridgehead atoms. The molecule has 1 aromatic heterocycles. The first-order chi connectivity index (χ1) is 17.1. The average molecular weight is 540 g/mol. The van der Waals surface area contributed by atoms with Crippen LogP contribution in [0.3, 0.4) is 0 Å². The van der Waals surface area contributed by atoms with Gasteiger partial charge in [-0.05, 0) is 58.2 Å². The van der Waals surface area contributed by atoms with Crippen LogP contribution in [0.1, 0.15) is 50.1 Å². The fraction of sp³-hybridized carbons (Fsp3) is 0.462. The van der Waals surface area contributed by atoms with Gasteiger partial charge in [-0.15, -0.1) is 0 Å². The number of carbonyl (C=O) groups excluding carboxylic acids is 1. The normalized spacial score (nSPS) is 19.6. The van der Waals surface area contributed by atoms with E-state index < -0.39 is 57.8 Å². The Morgan fingerprint density at radius 2 is 1.95 bits per heavy atom. The first kappa shape index (κ1) is 28.6. The molecule has 0 radical (unpaired) electrons. The summed E-state index contributed by atoms with van der Waals surface area (Å²) in [6, 6.07) is 4.61. The Labute approximate surface area is 215 Å². The maximum absolute atomic E-state index is 15.8. The van der Waals surface area contributed by atoms with E-state index in [2.05, 4.69) is 11.6 Å². The van der Waals surface area contributed by atoms with Gasteiger partial charge in [0.2, 0.25) is 10.0 Å². The van der Waals surface area contributed by atoms with Crippen LogP contribution in [0.15, 0.2) is 43.1 Å². The van der Waals surface area contributed by atoms with E-state index in [0.717, 1.165) is 10.5 Å². The number of hydrogen-bond donors (Lipinski definition) is 1. The fourth-order valence-corrected chi connectivity index (χ4v) is 5.10. The average Bonchev–Trinajstić information content (AvgIpc) is 3.03. The van der Waals surface area contributed by atoms with Crippen LogP contribution in [-0.2, 0) is 21.2 Å². The van der Waals surface area contributed by atoms with Gasteiger partial charge >= 0.3 is 6.09 Å². The number of sulfonamides is 1. The van der Waals surface area contributed by atoms with Gasteiger partial charge in [0.15, 0.2) is 0 Å². The van der Waals surface area contributed by atoms with Crippen LogP contribution < -0.4 is 4.72 Å². The molecule has 1 fully saturated rings. The third-order valence-electron chi connectivity index (χ3n) is 6.06. The Morgan fingerprint density at radius 3 is 2.54 bits per heavy atom. The topological polar surface area (TPSA) is 88.6 Å². The van der Waals surface area contributed by atoms with Gasteiger partial charge in [-0.3, -0.25) is 9.88 Å². The van der Waals surface area contributed by atoms with Crippen molar-refractivity contribution in [2.24, 2.45) is 0 Å².